The van der Waals surface area contributed by atoms with Crippen molar-refractivity contribution in [3.05, 3.63) is 23.4 Å². The van der Waals surface area contributed by atoms with Crippen molar-refractivity contribution in [3.63, 3.8) is 0 Å². The Morgan fingerprint density at radius 2 is 2.07 bits per heavy atom. The van der Waals surface area contributed by atoms with E-state index in [2.05, 4.69) is 10.3 Å². The van der Waals surface area contributed by atoms with Crippen LogP contribution in [0.15, 0.2) is 18.2 Å². The summed E-state index contributed by atoms with van der Waals surface area (Å²) in [4.78, 5) is 4.08. The fourth-order valence-electron chi connectivity index (χ4n) is 1.47. The Hall–Kier alpha value is -0.800. The highest BCUT2D eigenvalue weighted by atomic mass is 35.5. The highest BCUT2D eigenvalue weighted by molar-refractivity contribution is 6.29. The molecular formula is C10H12ClN2O. The van der Waals surface area contributed by atoms with Crippen molar-refractivity contribution < 1.29 is 4.74 Å². The Balaban J connectivity index is 1.95. The lowest BCUT2D eigenvalue weighted by atomic mass is 10.1. The first-order chi connectivity index (χ1) is 6.84. The number of piperidine rings is 1. The van der Waals surface area contributed by atoms with Crippen LogP contribution in [0.25, 0.3) is 0 Å². The average molecular weight is 212 g/mol. The predicted octanol–water partition coefficient (Wildman–Crippen LogP) is 1.88. The minimum absolute atomic E-state index is 0.249. The smallest absolute Gasteiger partial charge is 0.214 e. The van der Waals surface area contributed by atoms with Gasteiger partial charge in [0.15, 0.2) is 0 Å². The van der Waals surface area contributed by atoms with Crippen LogP contribution in [0.1, 0.15) is 12.8 Å². The van der Waals surface area contributed by atoms with Gasteiger partial charge in [-0.05, 0) is 18.9 Å². The van der Waals surface area contributed by atoms with E-state index in [0.29, 0.717) is 11.0 Å². The van der Waals surface area contributed by atoms with Crippen LogP contribution >= 0.6 is 11.6 Å². The summed E-state index contributed by atoms with van der Waals surface area (Å²) in [6, 6.07) is 5.42. The highest BCUT2D eigenvalue weighted by Crippen LogP contribution is 2.16. The molecule has 1 aromatic heterocycles. The Morgan fingerprint density at radius 3 is 2.79 bits per heavy atom. The standard InChI is InChI=1S/C10H12ClN2O/c11-9-2-1-3-10(13-9)14-8-4-6-12-7-5-8/h1-3,8H,4-7H2. The third-order valence-corrected chi connectivity index (χ3v) is 2.41. The van der Waals surface area contributed by atoms with Crippen molar-refractivity contribution in [2.75, 3.05) is 13.1 Å². The van der Waals surface area contributed by atoms with Crippen LogP contribution in [-0.2, 0) is 0 Å². The quantitative estimate of drug-likeness (QED) is 0.701. The molecule has 1 aliphatic heterocycles. The molecule has 1 radical (unpaired) electrons. The summed E-state index contributed by atoms with van der Waals surface area (Å²) in [5.74, 6) is 0.615. The van der Waals surface area contributed by atoms with Crippen LogP contribution in [-0.4, -0.2) is 24.2 Å². The number of nitrogens with zero attached hydrogens (tertiary/aromatic N) is 2. The fourth-order valence-corrected chi connectivity index (χ4v) is 1.63. The summed E-state index contributed by atoms with van der Waals surface area (Å²) in [6.45, 7) is 1.79. The van der Waals surface area contributed by atoms with Crippen molar-refractivity contribution in [3.8, 4) is 5.88 Å². The van der Waals surface area contributed by atoms with Crippen molar-refractivity contribution in [2.24, 2.45) is 0 Å². The first-order valence-electron chi connectivity index (χ1n) is 4.77. The molecule has 1 aromatic rings. The van der Waals surface area contributed by atoms with E-state index in [1.165, 1.54) is 0 Å². The van der Waals surface area contributed by atoms with Crippen LogP contribution in [0.3, 0.4) is 0 Å². The lowest BCUT2D eigenvalue weighted by Gasteiger charge is -2.22. The Morgan fingerprint density at radius 1 is 1.29 bits per heavy atom. The van der Waals surface area contributed by atoms with Gasteiger partial charge in [0.2, 0.25) is 5.88 Å². The lowest BCUT2D eigenvalue weighted by Crippen LogP contribution is -2.30. The molecule has 4 heteroatoms. The molecule has 14 heavy (non-hydrogen) atoms. The lowest BCUT2D eigenvalue weighted by molar-refractivity contribution is 0.155. The largest absolute Gasteiger partial charge is 0.474 e. The minimum Gasteiger partial charge on any atom is -0.474 e. The number of ether oxygens (including phenoxy) is 1. The number of hydrogen-bond acceptors (Lipinski definition) is 2. The topological polar surface area (TPSA) is 36.2 Å². The van der Waals surface area contributed by atoms with E-state index >= 15 is 0 Å². The summed E-state index contributed by atoms with van der Waals surface area (Å²) in [5.41, 5.74) is 0. The molecule has 0 amide bonds. The molecule has 3 nitrogen and oxygen atoms in total. The number of pyridine rings is 1. The molecule has 0 atom stereocenters. The maximum absolute atomic E-state index is 5.75. The fraction of sp³-hybridized carbons (Fsp3) is 0.500. The molecular weight excluding hydrogens is 200 g/mol. The first kappa shape index (κ1) is 9.74. The van der Waals surface area contributed by atoms with Gasteiger partial charge in [-0.2, -0.15) is 0 Å². The number of aromatic nitrogens is 1. The van der Waals surface area contributed by atoms with Gasteiger partial charge < -0.3 is 4.74 Å². The number of rotatable bonds is 2. The number of hydrogen-bond donors (Lipinski definition) is 0. The molecule has 0 aliphatic carbocycles. The van der Waals surface area contributed by atoms with Gasteiger partial charge in [0, 0.05) is 19.2 Å². The predicted molar refractivity (Wildman–Crippen MR) is 54.8 cm³/mol. The van der Waals surface area contributed by atoms with Crippen LogP contribution in [0.4, 0.5) is 0 Å². The molecule has 2 heterocycles. The zero-order valence-corrected chi connectivity index (χ0v) is 8.57. The Labute approximate surface area is 88.4 Å². The Kier molecular flexibility index (Phi) is 3.22. The van der Waals surface area contributed by atoms with E-state index in [-0.39, 0.29) is 6.10 Å². The molecule has 1 fully saturated rings. The van der Waals surface area contributed by atoms with E-state index in [1.54, 1.807) is 6.07 Å². The van der Waals surface area contributed by atoms with Gasteiger partial charge in [-0.3, -0.25) is 0 Å². The Bertz CT molecular complexity index is 300. The molecule has 75 valence electrons. The molecule has 1 saturated heterocycles. The molecule has 1 aliphatic rings. The van der Waals surface area contributed by atoms with Gasteiger partial charge in [0.05, 0.1) is 0 Å². The van der Waals surface area contributed by atoms with E-state index in [9.17, 15) is 0 Å². The summed E-state index contributed by atoms with van der Waals surface area (Å²) in [7, 11) is 0. The van der Waals surface area contributed by atoms with Gasteiger partial charge in [-0.1, -0.05) is 17.7 Å². The molecule has 0 N–H and O–H groups in total. The number of halogens is 1. The molecule has 0 unspecified atom stereocenters. The van der Waals surface area contributed by atoms with E-state index in [1.807, 2.05) is 12.1 Å². The van der Waals surface area contributed by atoms with Gasteiger partial charge >= 0.3 is 0 Å². The molecule has 0 bridgehead atoms. The highest BCUT2D eigenvalue weighted by Gasteiger charge is 2.15. The molecule has 0 spiro atoms. The van der Waals surface area contributed by atoms with Crippen molar-refractivity contribution in [2.45, 2.75) is 18.9 Å². The van der Waals surface area contributed by atoms with Crippen molar-refractivity contribution in [1.29, 1.82) is 0 Å². The zero-order chi connectivity index (χ0) is 9.80. The average Bonchev–Trinajstić information content (AvgIpc) is 2.19. The zero-order valence-electron chi connectivity index (χ0n) is 7.82. The maximum Gasteiger partial charge on any atom is 0.214 e. The maximum atomic E-state index is 5.75. The van der Waals surface area contributed by atoms with Gasteiger partial charge in [-0.25, -0.2) is 10.3 Å². The first-order valence-corrected chi connectivity index (χ1v) is 5.15. The molecule has 0 saturated carbocycles. The van der Waals surface area contributed by atoms with Crippen LogP contribution in [0, 0.1) is 0 Å². The minimum atomic E-state index is 0.249. The third kappa shape index (κ3) is 2.59. The normalized spacial score (nSPS) is 18.1. The summed E-state index contributed by atoms with van der Waals surface area (Å²) >= 11 is 5.75. The monoisotopic (exact) mass is 211 g/mol. The van der Waals surface area contributed by atoms with Crippen molar-refractivity contribution >= 4 is 11.6 Å². The van der Waals surface area contributed by atoms with Crippen molar-refractivity contribution in [1.82, 2.24) is 10.3 Å². The van der Waals surface area contributed by atoms with Gasteiger partial charge in [-0.15, -0.1) is 0 Å². The second-order valence-corrected chi connectivity index (χ2v) is 3.67. The second kappa shape index (κ2) is 4.62. The van der Waals surface area contributed by atoms with Crippen LogP contribution < -0.4 is 10.1 Å². The molecule has 2 rings (SSSR count). The SMILES string of the molecule is Clc1cccc(OC2CC[N]CC2)n1. The van der Waals surface area contributed by atoms with E-state index in [0.717, 1.165) is 25.9 Å². The summed E-state index contributed by atoms with van der Waals surface area (Å²) in [6.07, 6.45) is 2.21. The van der Waals surface area contributed by atoms with Crippen LogP contribution in [0.5, 0.6) is 5.88 Å². The van der Waals surface area contributed by atoms with E-state index < -0.39 is 0 Å². The second-order valence-electron chi connectivity index (χ2n) is 3.29. The van der Waals surface area contributed by atoms with E-state index in [4.69, 9.17) is 16.3 Å². The van der Waals surface area contributed by atoms with Crippen LogP contribution in [0.2, 0.25) is 5.15 Å². The van der Waals surface area contributed by atoms with Gasteiger partial charge in [0.25, 0.3) is 0 Å². The summed E-state index contributed by atoms with van der Waals surface area (Å²) < 4.78 is 5.68. The summed E-state index contributed by atoms with van der Waals surface area (Å²) in [5, 5.41) is 4.74. The molecule has 0 aromatic carbocycles. The third-order valence-electron chi connectivity index (χ3n) is 2.20. The van der Waals surface area contributed by atoms with Gasteiger partial charge in [0.1, 0.15) is 11.3 Å².